The van der Waals surface area contributed by atoms with E-state index >= 15 is 0 Å². The van der Waals surface area contributed by atoms with Crippen molar-refractivity contribution in [3.8, 4) is 0 Å². The van der Waals surface area contributed by atoms with E-state index in [1.54, 1.807) is 20.8 Å². The van der Waals surface area contributed by atoms with E-state index in [9.17, 15) is 14.4 Å². The number of fused-ring (bicyclic) bond motifs is 2. The Kier molecular flexibility index (Phi) is 4.78. The number of esters is 3. The molecule has 1 saturated carbocycles. The minimum absolute atomic E-state index is 0.156. The van der Waals surface area contributed by atoms with Gasteiger partial charge in [-0.2, -0.15) is 0 Å². The van der Waals surface area contributed by atoms with E-state index in [1.165, 1.54) is 0 Å². The van der Waals surface area contributed by atoms with Crippen LogP contribution in [-0.2, 0) is 28.6 Å². The molecule has 2 aliphatic carbocycles. The van der Waals surface area contributed by atoms with E-state index in [0.29, 0.717) is 5.57 Å². The number of ether oxygens (including phenoxy) is 3. The molecule has 3 aliphatic rings. The van der Waals surface area contributed by atoms with E-state index in [1.807, 2.05) is 13.8 Å². The zero-order valence-electron chi connectivity index (χ0n) is 16.6. The van der Waals surface area contributed by atoms with Crippen LogP contribution in [-0.4, -0.2) is 37.7 Å². The van der Waals surface area contributed by atoms with Crippen LogP contribution in [0, 0.1) is 10.8 Å². The summed E-state index contributed by atoms with van der Waals surface area (Å²) in [7, 11) is 0. The summed E-state index contributed by atoms with van der Waals surface area (Å²) in [6, 6.07) is 0. The van der Waals surface area contributed by atoms with Crippen LogP contribution in [0.25, 0.3) is 0 Å². The van der Waals surface area contributed by atoms with E-state index in [4.69, 9.17) is 14.2 Å². The number of hydrogen-bond acceptors (Lipinski definition) is 6. The second kappa shape index (κ2) is 6.66. The molecule has 0 spiro atoms. The number of rotatable bonds is 4. The van der Waals surface area contributed by atoms with Crippen LogP contribution in [0.1, 0.15) is 47.5 Å². The van der Waals surface area contributed by atoms with Gasteiger partial charge in [-0.3, -0.25) is 9.59 Å². The fraction of sp³-hybridized carbons (Fsp3) is 0.571. The maximum absolute atomic E-state index is 12.8. The molecule has 6 heteroatoms. The zero-order chi connectivity index (χ0) is 20.0. The van der Waals surface area contributed by atoms with Gasteiger partial charge in [-0.25, -0.2) is 4.79 Å². The van der Waals surface area contributed by atoms with E-state index in [-0.39, 0.29) is 38.6 Å². The van der Waals surface area contributed by atoms with Gasteiger partial charge in [0, 0.05) is 17.4 Å². The lowest BCUT2D eigenvalue weighted by atomic mass is 9.70. The van der Waals surface area contributed by atoms with Crippen LogP contribution in [0.15, 0.2) is 33.9 Å². The number of allylic oxidation sites excluding steroid dienone is 3. The van der Waals surface area contributed by atoms with Crippen molar-refractivity contribution in [3.05, 3.63) is 33.9 Å². The van der Waals surface area contributed by atoms with Crippen LogP contribution in [0.5, 0.6) is 0 Å². The Morgan fingerprint density at radius 2 is 1.67 bits per heavy atom. The molecule has 146 valence electrons. The van der Waals surface area contributed by atoms with Crippen LogP contribution in [0.2, 0.25) is 0 Å². The predicted molar refractivity (Wildman–Crippen MR) is 97.5 cm³/mol. The van der Waals surface area contributed by atoms with Gasteiger partial charge in [-0.05, 0) is 49.5 Å². The summed E-state index contributed by atoms with van der Waals surface area (Å²) in [6.07, 6.45) is 2.51. The van der Waals surface area contributed by atoms with Gasteiger partial charge in [0.25, 0.3) is 0 Å². The minimum Gasteiger partial charge on any atom is -0.465 e. The second-order valence-corrected chi connectivity index (χ2v) is 7.80. The molecule has 0 aromatic carbocycles. The van der Waals surface area contributed by atoms with Crippen LogP contribution in [0.3, 0.4) is 0 Å². The molecule has 1 aliphatic heterocycles. The third-order valence-electron chi connectivity index (χ3n) is 5.56. The fourth-order valence-electron chi connectivity index (χ4n) is 4.52. The van der Waals surface area contributed by atoms with Gasteiger partial charge in [-0.1, -0.05) is 19.9 Å². The number of cyclic esters (lactones) is 1. The maximum Gasteiger partial charge on any atom is 0.334 e. The SMILES string of the molecule is CCOC(=O)C1(C(=O)OCC)CC2=CC(C)(C)C3=C(C)C(=O)OCC3=C2C1. The molecule has 0 radical (unpaired) electrons. The summed E-state index contributed by atoms with van der Waals surface area (Å²) in [6.45, 7) is 9.80. The van der Waals surface area contributed by atoms with Crippen LogP contribution < -0.4 is 0 Å². The highest BCUT2D eigenvalue weighted by Crippen LogP contribution is 2.55. The van der Waals surface area contributed by atoms with Crippen molar-refractivity contribution in [2.45, 2.75) is 47.5 Å². The number of carbonyl (C=O) groups excluding carboxylic acids is 3. The fourth-order valence-corrected chi connectivity index (χ4v) is 4.52. The van der Waals surface area contributed by atoms with Crippen molar-refractivity contribution in [1.29, 1.82) is 0 Å². The Morgan fingerprint density at radius 3 is 2.22 bits per heavy atom. The van der Waals surface area contributed by atoms with E-state index in [0.717, 1.165) is 22.3 Å². The third kappa shape index (κ3) is 2.91. The van der Waals surface area contributed by atoms with Gasteiger partial charge < -0.3 is 14.2 Å². The van der Waals surface area contributed by atoms with Crippen LogP contribution in [0.4, 0.5) is 0 Å². The first-order chi connectivity index (χ1) is 12.7. The van der Waals surface area contributed by atoms with Crippen molar-refractivity contribution in [2.75, 3.05) is 19.8 Å². The quantitative estimate of drug-likeness (QED) is 0.428. The van der Waals surface area contributed by atoms with Crippen molar-refractivity contribution < 1.29 is 28.6 Å². The normalized spacial score (nSPS) is 22.6. The topological polar surface area (TPSA) is 78.9 Å². The predicted octanol–water partition coefficient (Wildman–Crippen LogP) is 3.03. The summed E-state index contributed by atoms with van der Waals surface area (Å²) in [4.78, 5) is 37.7. The standard InChI is InChI=1S/C21H26O6/c1-6-25-18(23)21(19(24)26-7-2)9-13-8-20(4,5)16-12(3)17(22)27-11-15(16)14(13)10-21/h8H,6-7,9-11H2,1-5H3. The Bertz CT molecular complexity index is 791. The van der Waals surface area contributed by atoms with Gasteiger partial charge >= 0.3 is 17.9 Å². The van der Waals surface area contributed by atoms with Gasteiger partial charge in [0.2, 0.25) is 0 Å². The molecular weight excluding hydrogens is 348 g/mol. The Balaban J connectivity index is 2.16. The lowest BCUT2D eigenvalue weighted by Gasteiger charge is -2.36. The highest BCUT2D eigenvalue weighted by Gasteiger charge is 2.56. The van der Waals surface area contributed by atoms with Crippen LogP contribution >= 0.6 is 0 Å². The Morgan fingerprint density at radius 1 is 1.07 bits per heavy atom. The highest BCUT2D eigenvalue weighted by atomic mass is 16.6. The lowest BCUT2D eigenvalue weighted by Crippen LogP contribution is -2.40. The molecule has 0 amide bonds. The highest BCUT2D eigenvalue weighted by molar-refractivity contribution is 6.02. The Hall–Kier alpha value is -2.37. The summed E-state index contributed by atoms with van der Waals surface area (Å²) >= 11 is 0. The molecule has 3 rings (SSSR count). The average molecular weight is 374 g/mol. The molecule has 0 aromatic rings. The van der Waals surface area contributed by atoms with Crippen molar-refractivity contribution in [2.24, 2.45) is 10.8 Å². The third-order valence-corrected chi connectivity index (χ3v) is 5.56. The van der Waals surface area contributed by atoms with Gasteiger partial charge in [0.15, 0.2) is 5.41 Å². The first-order valence-corrected chi connectivity index (χ1v) is 9.35. The summed E-state index contributed by atoms with van der Waals surface area (Å²) in [5.41, 5.74) is 2.49. The monoisotopic (exact) mass is 374 g/mol. The van der Waals surface area contributed by atoms with E-state index < -0.39 is 22.8 Å². The summed E-state index contributed by atoms with van der Waals surface area (Å²) in [5.74, 6) is -1.43. The molecule has 0 N–H and O–H groups in total. The molecule has 0 bridgehead atoms. The summed E-state index contributed by atoms with van der Waals surface area (Å²) < 4.78 is 15.8. The lowest BCUT2D eigenvalue weighted by molar-refractivity contribution is -0.171. The molecule has 0 saturated heterocycles. The Labute approximate surface area is 159 Å². The molecule has 27 heavy (non-hydrogen) atoms. The van der Waals surface area contributed by atoms with Gasteiger partial charge in [0.1, 0.15) is 6.61 Å². The maximum atomic E-state index is 12.8. The first kappa shape index (κ1) is 19.4. The van der Waals surface area contributed by atoms with Crippen molar-refractivity contribution in [1.82, 2.24) is 0 Å². The molecule has 0 atom stereocenters. The molecule has 6 nitrogen and oxygen atoms in total. The number of carbonyl (C=O) groups is 3. The first-order valence-electron chi connectivity index (χ1n) is 9.35. The molecule has 0 aromatic heterocycles. The second-order valence-electron chi connectivity index (χ2n) is 7.80. The van der Waals surface area contributed by atoms with Crippen molar-refractivity contribution >= 4 is 17.9 Å². The molecular formula is C21H26O6. The molecule has 1 fully saturated rings. The van der Waals surface area contributed by atoms with E-state index in [2.05, 4.69) is 6.08 Å². The smallest absolute Gasteiger partial charge is 0.334 e. The average Bonchev–Trinajstić information content (AvgIpc) is 2.97. The minimum atomic E-state index is -1.37. The van der Waals surface area contributed by atoms with Gasteiger partial charge in [-0.15, -0.1) is 0 Å². The molecule has 1 heterocycles. The summed E-state index contributed by atoms with van der Waals surface area (Å²) in [5, 5.41) is 0. The number of hydrogen-bond donors (Lipinski definition) is 0. The van der Waals surface area contributed by atoms with Crippen molar-refractivity contribution in [3.63, 3.8) is 0 Å². The van der Waals surface area contributed by atoms with Gasteiger partial charge in [0.05, 0.1) is 13.2 Å². The largest absolute Gasteiger partial charge is 0.465 e. The molecule has 0 unspecified atom stereocenters. The zero-order valence-corrected chi connectivity index (χ0v) is 16.6.